The van der Waals surface area contributed by atoms with Crippen LogP contribution in [0.1, 0.15) is 29.5 Å². The number of nitriles is 1. The van der Waals surface area contributed by atoms with Gasteiger partial charge in [0.25, 0.3) is 0 Å². The van der Waals surface area contributed by atoms with E-state index in [0.29, 0.717) is 29.0 Å². The van der Waals surface area contributed by atoms with Crippen LogP contribution in [-0.2, 0) is 27.4 Å². The van der Waals surface area contributed by atoms with Gasteiger partial charge in [-0.3, -0.25) is 9.59 Å². The lowest BCUT2D eigenvalue weighted by atomic mass is 10.1. The van der Waals surface area contributed by atoms with Gasteiger partial charge in [-0.05, 0) is 41.8 Å². The van der Waals surface area contributed by atoms with Crippen LogP contribution < -0.4 is 9.47 Å². The first kappa shape index (κ1) is 17.5. The van der Waals surface area contributed by atoms with Crippen LogP contribution in [0.4, 0.5) is 0 Å². The second-order valence-corrected chi connectivity index (χ2v) is 5.88. The first-order valence-corrected chi connectivity index (χ1v) is 8.19. The van der Waals surface area contributed by atoms with Crippen LogP contribution in [0.2, 0.25) is 0 Å². The second-order valence-electron chi connectivity index (χ2n) is 5.88. The van der Waals surface area contributed by atoms with Crippen LogP contribution in [0, 0.1) is 11.3 Å². The average Bonchev–Trinajstić information content (AvgIpc) is 3.12. The number of fused-ring (bicyclic) bond motifs is 1. The minimum atomic E-state index is -0.567. The highest BCUT2D eigenvalue weighted by Crippen LogP contribution is 2.32. The molecule has 1 aliphatic rings. The molecule has 2 aromatic rings. The molecular formula is C20H17NO5. The van der Waals surface area contributed by atoms with Crippen molar-refractivity contribution in [3.63, 3.8) is 0 Å². The van der Waals surface area contributed by atoms with E-state index in [1.165, 1.54) is 0 Å². The highest BCUT2D eigenvalue weighted by molar-refractivity contribution is 5.95. The molecule has 1 heterocycles. The van der Waals surface area contributed by atoms with Gasteiger partial charge in [-0.15, -0.1) is 0 Å². The van der Waals surface area contributed by atoms with E-state index in [-0.39, 0.29) is 32.0 Å². The predicted octanol–water partition coefficient (Wildman–Crippen LogP) is 2.92. The van der Waals surface area contributed by atoms with Crippen LogP contribution in [0.3, 0.4) is 0 Å². The number of hydrogen-bond donors (Lipinski definition) is 0. The first-order valence-electron chi connectivity index (χ1n) is 8.19. The Morgan fingerprint density at radius 2 is 1.92 bits per heavy atom. The minimum Gasteiger partial charge on any atom is -0.460 e. The number of hydrogen-bond acceptors (Lipinski definition) is 6. The molecule has 0 N–H and O–H groups in total. The molecule has 0 unspecified atom stereocenters. The Hall–Kier alpha value is -3.33. The highest BCUT2D eigenvalue weighted by atomic mass is 16.7. The Labute approximate surface area is 150 Å². The summed E-state index contributed by atoms with van der Waals surface area (Å²) < 4.78 is 15.6. The maximum atomic E-state index is 12.0. The zero-order valence-corrected chi connectivity index (χ0v) is 14.1. The van der Waals surface area contributed by atoms with Gasteiger partial charge in [0.2, 0.25) is 6.79 Å². The van der Waals surface area contributed by atoms with Crippen LogP contribution in [0.25, 0.3) is 0 Å². The number of aryl methyl sites for hydroxylation is 1. The third kappa shape index (κ3) is 4.61. The Bertz CT molecular complexity index is 869. The van der Waals surface area contributed by atoms with Gasteiger partial charge in [0.15, 0.2) is 11.5 Å². The van der Waals surface area contributed by atoms with Crippen molar-refractivity contribution in [3.05, 3.63) is 59.2 Å². The number of Topliss-reactive ketones (excluding diaryl/α,β-unsaturated/α-hetero) is 1. The van der Waals surface area contributed by atoms with E-state index < -0.39 is 5.97 Å². The molecule has 0 amide bonds. The summed E-state index contributed by atoms with van der Waals surface area (Å²) in [5, 5.41) is 8.85. The maximum absolute atomic E-state index is 12.0. The largest absolute Gasteiger partial charge is 0.460 e. The number of carbonyl (C=O) groups is 2. The summed E-state index contributed by atoms with van der Waals surface area (Å²) >= 11 is 0. The molecule has 0 bridgehead atoms. The fourth-order valence-electron chi connectivity index (χ4n) is 2.58. The van der Waals surface area contributed by atoms with Crippen LogP contribution in [0.15, 0.2) is 42.5 Å². The van der Waals surface area contributed by atoms with Crippen molar-refractivity contribution in [2.45, 2.75) is 25.9 Å². The zero-order valence-electron chi connectivity index (χ0n) is 14.1. The maximum Gasteiger partial charge on any atom is 0.313 e. The van der Waals surface area contributed by atoms with E-state index in [2.05, 4.69) is 0 Å². The third-order valence-electron chi connectivity index (χ3n) is 3.93. The summed E-state index contributed by atoms with van der Waals surface area (Å²) in [4.78, 5) is 23.8. The van der Waals surface area contributed by atoms with Gasteiger partial charge in [0, 0.05) is 6.42 Å². The van der Waals surface area contributed by atoms with Crippen molar-refractivity contribution < 1.29 is 23.8 Å². The Morgan fingerprint density at radius 1 is 1.08 bits per heavy atom. The lowest BCUT2D eigenvalue weighted by Gasteiger charge is -2.06. The van der Waals surface area contributed by atoms with E-state index in [4.69, 9.17) is 19.5 Å². The van der Waals surface area contributed by atoms with E-state index in [1.807, 2.05) is 24.3 Å². The monoisotopic (exact) mass is 351 g/mol. The summed E-state index contributed by atoms with van der Waals surface area (Å²) in [7, 11) is 0. The quantitative estimate of drug-likeness (QED) is 0.563. The van der Waals surface area contributed by atoms with Gasteiger partial charge in [-0.1, -0.05) is 18.2 Å². The lowest BCUT2D eigenvalue weighted by Crippen LogP contribution is -2.12. The van der Waals surface area contributed by atoms with Gasteiger partial charge in [0.1, 0.15) is 18.8 Å². The number of nitrogens with zero attached hydrogens (tertiary/aromatic N) is 1. The van der Waals surface area contributed by atoms with Crippen LogP contribution >= 0.6 is 0 Å². The molecule has 0 saturated carbocycles. The molecule has 6 nitrogen and oxygen atoms in total. The molecule has 0 fully saturated rings. The molecule has 0 saturated heterocycles. The molecule has 132 valence electrons. The van der Waals surface area contributed by atoms with Crippen molar-refractivity contribution in [3.8, 4) is 17.6 Å². The molecule has 3 rings (SSSR count). The summed E-state index contributed by atoms with van der Waals surface area (Å²) in [5.74, 6) is 0.625. The smallest absolute Gasteiger partial charge is 0.313 e. The molecule has 2 aromatic carbocycles. The molecule has 0 radical (unpaired) electrons. The topological polar surface area (TPSA) is 85.6 Å². The molecule has 0 spiro atoms. The van der Waals surface area contributed by atoms with Gasteiger partial charge >= 0.3 is 5.97 Å². The van der Waals surface area contributed by atoms with E-state index in [1.54, 1.807) is 24.3 Å². The van der Waals surface area contributed by atoms with Crippen molar-refractivity contribution in [1.82, 2.24) is 0 Å². The second kappa shape index (κ2) is 8.17. The average molecular weight is 351 g/mol. The lowest BCUT2D eigenvalue weighted by molar-refractivity contribution is -0.147. The summed E-state index contributed by atoms with van der Waals surface area (Å²) in [6.07, 6.45) is 0.508. The van der Waals surface area contributed by atoms with Crippen LogP contribution in [-0.4, -0.2) is 18.5 Å². The van der Waals surface area contributed by atoms with Crippen molar-refractivity contribution in [1.29, 1.82) is 5.26 Å². The highest BCUT2D eigenvalue weighted by Gasteiger charge is 2.15. The number of rotatable bonds is 7. The normalized spacial score (nSPS) is 11.7. The van der Waals surface area contributed by atoms with Crippen molar-refractivity contribution in [2.24, 2.45) is 0 Å². The molecule has 6 heteroatoms. The fourth-order valence-corrected chi connectivity index (χ4v) is 2.58. The molecule has 1 aliphatic heterocycles. The molecule has 0 aliphatic carbocycles. The van der Waals surface area contributed by atoms with Gasteiger partial charge < -0.3 is 14.2 Å². The van der Waals surface area contributed by atoms with Crippen molar-refractivity contribution in [2.75, 3.05) is 6.79 Å². The molecule has 0 aromatic heterocycles. The predicted molar refractivity (Wildman–Crippen MR) is 91.5 cm³/mol. The van der Waals surface area contributed by atoms with Gasteiger partial charge in [-0.25, -0.2) is 0 Å². The number of ether oxygens (including phenoxy) is 3. The number of carbonyl (C=O) groups excluding carboxylic acids is 2. The fraction of sp³-hybridized carbons (Fsp3) is 0.250. The van der Waals surface area contributed by atoms with Crippen molar-refractivity contribution >= 4 is 11.8 Å². The van der Waals surface area contributed by atoms with Gasteiger partial charge in [0.05, 0.1) is 11.6 Å². The van der Waals surface area contributed by atoms with Crippen LogP contribution in [0.5, 0.6) is 11.5 Å². The summed E-state index contributed by atoms with van der Waals surface area (Å²) in [6.45, 7) is 0.255. The van der Waals surface area contributed by atoms with E-state index >= 15 is 0 Å². The third-order valence-corrected chi connectivity index (χ3v) is 3.93. The minimum absolute atomic E-state index is 0.0454. The SMILES string of the molecule is N#Cc1cccc(COC(=O)CC(=O)CCc2ccc3c(c2)OCO3)c1. The number of benzene rings is 2. The zero-order chi connectivity index (χ0) is 18.4. The summed E-state index contributed by atoms with van der Waals surface area (Å²) in [6, 6.07) is 14.4. The number of esters is 1. The first-order chi connectivity index (χ1) is 12.6. The van der Waals surface area contributed by atoms with E-state index in [0.717, 1.165) is 5.56 Å². The molecule has 0 atom stereocenters. The molecular weight excluding hydrogens is 334 g/mol. The Morgan fingerprint density at radius 3 is 2.77 bits per heavy atom. The Kier molecular flexibility index (Phi) is 5.49. The molecule has 26 heavy (non-hydrogen) atoms. The summed E-state index contributed by atoms with van der Waals surface area (Å²) in [5.41, 5.74) is 2.16. The van der Waals surface area contributed by atoms with E-state index in [9.17, 15) is 9.59 Å². The Balaban J connectivity index is 1.42. The van der Waals surface area contributed by atoms with Gasteiger partial charge in [-0.2, -0.15) is 5.26 Å². The number of ketones is 1. The standard InChI is InChI=1S/C20H17NO5/c21-11-15-2-1-3-16(8-15)12-24-20(23)10-17(22)6-4-14-5-7-18-19(9-14)26-13-25-18/h1-3,5,7-9H,4,6,10,12-13H2.